The quantitative estimate of drug-likeness (QED) is 0.778. The number of nitrogens with zero attached hydrogens (tertiary/aromatic N) is 1. The van der Waals surface area contributed by atoms with Gasteiger partial charge >= 0.3 is 0 Å². The van der Waals surface area contributed by atoms with Crippen LogP contribution < -0.4 is 0 Å². The predicted octanol–water partition coefficient (Wildman–Crippen LogP) is 2.79. The van der Waals surface area contributed by atoms with Crippen molar-refractivity contribution in [2.45, 2.75) is 32.0 Å². The number of hydrogen-bond acceptors (Lipinski definition) is 3. The Balaban J connectivity index is 1.59. The highest BCUT2D eigenvalue weighted by Crippen LogP contribution is 2.32. The second-order valence-corrected chi connectivity index (χ2v) is 6.38. The first-order valence-electron chi connectivity index (χ1n) is 6.88. The van der Waals surface area contributed by atoms with Gasteiger partial charge < -0.3 is 9.64 Å². The van der Waals surface area contributed by atoms with E-state index in [0.29, 0.717) is 12.0 Å². The first-order chi connectivity index (χ1) is 9.22. The number of piperidine rings is 1. The van der Waals surface area contributed by atoms with Crippen molar-refractivity contribution in [3.05, 3.63) is 28.5 Å². The monoisotopic (exact) mass is 277 g/mol. The van der Waals surface area contributed by atoms with Gasteiger partial charge in [-0.25, -0.2) is 0 Å². The molecule has 1 aromatic rings. The number of likely N-dealkylation sites (tertiary alicyclic amines) is 1. The summed E-state index contributed by atoms with van der Waals surface area (Å²) in [6, 6.07) is 4.01. The van der Waals surface area contributed by atoms with Crippen LogP contribution in [0.15, 0.2) is 23.6 Å². The summed E-state index contributed by atoms with van der Waals surface area (Å²) in [5.74, 6) is 0.760. The summed E-state index contributed by atoms with van der Waals surface area (Å²) in [4.78, 5) is 15.2. The molecule has 2 aliphatic heterocycles. The summed E-state index contributed by atoms with van der Waals surface area (Å²) >= 11 is 1.65. The van der Waals surface area contributed by atoms with Crippen LogP contribution >= 0.6 is 11.3 Å². The summed E-state index contributed by atoms with van der Waals surface area (Å²) in [7, 11) is 0. The van der Waals surface area contributed by atoms with Gasteiger partial charge in [0.25, 0.3) is 0 Å². The van der Waals surface area contributed by atoms with E-state index in [2.05, 4.69) is 6.92 Å². The molecule has 0 N–H and O–H groups in total. The lowest BCUT2D eigenvalue weighted by Crippen LogP contribution is -2.44. The number of hydrogen-bond donors (Lipinski definition) is 0. The second-order valence-electron chi connectivity index (χ2n) is 5.40. The summed E-state index contributed by atoms with van der Waals surface area (Å²) in [5.41, 5.74) is 0. The summed E-state index contributed by atoms with van der Waals surface area (Å²) in [5, 5.41) is 2.02. The lowest BCUT2D eigenvalue weighted by Gasteiger charge is -2.33. The van der Waals surface area contributed by atoms with Gasteiger partial charge in [-0.1, -0.05) is 6.07 Å². The zero-order valence-corrected chi connectivity index (χ0v) is 11.9. The zero-order valence-electron chi connectivity index (χ0n) is 11.1. The Labute approximate surface area is 117 Å². The molecule has 3 atom stereocenters. The molecule has 0 unspecified atom stereocenters. The smallest absolute Gasteiger partial charge is 0.246 e. The van der Waals surface area contributed by atoms with E-state index in [1.165, 1.54) is 0 Å². The standard InChI is InChI=1S/C15H19NO2S/c1-11-9-12-6-7-16(10-14(12)18-11)15(17)5-4-13-3-2-8-19-13/h2-5,8,11-12,14H,6-7,9-10H2,1H3/b5-4+/t11-,12+,14-/m1/s1. The van der Waals surface area contributed by atoms with Crippen LogP contribution in [-0.4, -0.2) is 36.1 Å². The lowest BCUT2D eigenvalue weighted by molar-refractivity contribution is -0.130. The fourth-order valence-corrected chi connectivity index (χ4v) is 3.63. The van der Waals surface area contributed by atoms with Crippen LogP contribution in [0.5, 0.6) is 0 Å². The van der Waals surface area contributed by atoms with Gasteiger partial charge in [0.15, 0.2) is 0 Å². The average molecular weight is 277 g/mol. The number of carbonyl (C=O) groups excluding carboxylic acids is 1. The van der Waals surface area contributed by atoms with Gasteiger partial charge in [0, 0.05) is 24.0 Å². The molecule has 0 spiro atoms. The molecule has 2 aliphatic rings. The van der Waals surface area contributed by atoms with Crippen LogP contribution in [0.3, 0.4) is 0 Å². The molecule has 0 aromatic carbocycles. The Morgan fingerprint density at radius 1 is 1.58 bits per heavy atom. The molecule has 102 valence electrons. The van der Waals surface area contributed by atoms with Gasteiger partial charge in [0.05, 0.1) is 12.2 Å². The van der Waals surface area contributed by atoms with Gasteiger partial charge in [-0.3, -0.25) is 4.79 Å². The molecule has 2 saturated heterocycles. The molecule has 0 radical (unpaired) electrons. The lowest BCUT2D eigenvalue weighted by atomic mass is 9.92. The van der Waals surface area contributed by atoms with Crippen molar-refractivity contribution in [2.75, 3.05) is 13.1 Å². The van der Waals surface area contributed by atoms with E-state index in [1.54, 1.807) is 17.4 Å². The van der Waals surface area contributed by atoms with Gasteiger partial charge in [0.1, 0.15) is 0 Å². The van der Waals surface area contributed by atoms with E-state index in [0.717, 1.165) is 30.8 Å². The number of rotatable bonds is 2. The molecule has 0 aliphatic carbocycles. The van der Waals surface area contributed by atoms with Crippen LogP contribution in [0, 0.1) is 5.92 Å². The average Bonchev–Trinajstić information content (AvgIpc) is 3.02. The van der Waals surface area contributed by atoms with Crippen LogP contribution in [0.2, 0.25) is 0 Å². The Hall–Kier alpha value is -1.13. The highest BCUT2D eigenvalue weighted by Gasteiger charge is 2.38. The minimum Gasteiger partial charge on any atom is -0.373 e. The van der Waals surface area contributed by atoms with Crippen LogP contribution in [-0.2, 0) is 9.53 Å². The van der Waals surface area contributed by atoms with E-state index >= 15 is 0 Å². The van der Waals surface area contributed by atoms with Gasteiger partial charge in [-0.05, 0) is 43.2 Å². The molecule has 0 bridgehead atoms. The SMILES string of the molecule is C[C@@H]1C[C@@H]2CCN(C(=O)/C=C/c3cccs3)C[C@H]2O1. The van der Waals surface area contributed by atoms with Crippen molar-refractivity contribution < 1.29 is 9.53 Å². The highest BCUT2D eigenvalue weighted by atomic mass is 32.1. The Morgan fingerprint density at radius 2 is 2.47 bits per heavy atom. The number of amides is 1. The molecule has 4 heteroatoms. The number of carbonyl (C=O) groups is 1. The van der Waals surface area contributed by atoms with Crippen molar-refractivity contribution >= 4 is 23.3 Å². The maximum atomic E-state index is 12.2. The fraction of sp³-hybridized carbons (Fsp3) is 0.533. The number of ether oxygens (including phenoxy) is 1. The Morgan fingerprint density at radius 3 is 3.26 bits per heavy atom. The fourth-order valence-electron chi connectivity index (χ4n) is 3.01. The first kappa shape index (κ1) is 12.9. The molecule has 1 aromatic heterocycles. The summed E-state index contributed by atoms with van der Waals surface area (Å²) < 4.78 is 5.88. The molecular weight excluding hydrogens is 258 g/mol. The molecule has 19 heavy (non-hydrogen) atoms. The largest absolute Gasteiger partial charge is 0.373 e. The van der Waals surface area contributed by atoms with E-state index in [-0.39, 0.29) is 12.0 Å². The Kier molecular flexibility index (Phi) is 3.71. The van der Waals surface area contributed by atoms with Crippen molar-refractivity contribution in [1.29, 1.82) is 0 Å². The third kappa shape index (κ3) is 2.90. The van der Waals surface area contributed by atoms with Crippen molar-refractivity contribution in [3.63, 3.8) is 0 Å². The van der Waals surface area contributed by atoms with E-state index in [4.69, 9.17) is 4.74 Å². The highest BCUT2D eigenvalue weighted by molar-refractivity contribution is 7.10. The molecule has 2 fully saturated rings. The van der Waals surface area contributed by atoms with Crippen LogP contribution in [0.4, 0.5) is 0 Å². The second kappa shape index (κ2) is 5.47. The molecule has 3 heterocycles. The maximum Gasteiger partial charge on any atom is 0.246 e. The normalized spacial score (nSPS) is 30.8. The first-order valence-corrected chi connectivity index (χ1v) is 7.76. The molecule has 3 nitrogen and oxygen atoms in total. The van der Waals surface area contributed by atoms with E-state index < -0.39 is 0 Å². The number of fused-ring (bicyclic) bond motifs is 1. The van der Waals surface area contributed by atoms with E-state index in [1.807, 2.05) is 28.5 Å². The van der Waals surface area contributed by atoms with Crippen molar-refractivity contribution in [2.24, 2.45) is 5.92 Å². The van der Waals surface area contributed by atoms with Gasteiger partial charge in [-0.15, -0.1) is 11.3 Å². The number of thiophene rings is 1. The van der Waals surface area contributed by atoms with Crippen molar-refractivity contribution in [1.82, 2.24) is 4.90 Å². The third-order valence-electron chi connectivity index (χ3n) is 3.98. The topological polar surface area (TPSA) is 29.5 Å². The van der Waals surface area contributed by atoms with Crippen LogP contribution in [0.1, 0.15) is 24.6 Å². The zero-order chi connectivity index (χ0) is 13.2. The van der Waals surface area contributed by atoms with Gasteiger partial charge in [-0.2, -0.15) is 0 Å². The molecule has 3 rings (SSSR count). The summed E-state index contributed by atoms with van der Waals surface area (Å²) in [6.07, 6.45) is 6.42. The third-order valence-corrected chi connectivity index (χ3v) is 4.82. The molecule has 0 saturated carbocycles. The molecule has 1 amide bonds. The minimum absolute atomic E-state index is 0.106. The predicted molar refractivity (Wildman–Crippen MR) is 77.0 cm³/mol. The van der Waals surface area contributed by atoms with Crippen LogP contribution in [0.25, 0.3) is 6.08 Å². The summed E-state index contributed by atoms with van der Waals surface area (Å²) in [6.45, 7) is 3.74. The molecular formula is C15H19NO2S. The maximum absolute atomic E-state index is 12.2. The van der Waals surface area contributed by atoms with Gasteiger partial charge in [0.2, 0.25) is 5.91 Å². The van der Waals surface area contributed by atoms with E-state index in [9.17, 15) is 4.79 Å². The van der Waals surface area contributed by atoms with Crippen molar-refractivity contribution in [3.8, 4) is 0 Å². The minimum atomic E-state index is 0.106. The Bertz CT molecular complexity index is 468.